The number of rotatable bonds is 5. The molecule has 0 saturated heterocycles. The number of aliphatic hydroxyl groups excluding tert-OH is 1. The molecule has 0 heterocycles. The van der Waals surface area contributed by atoms with Crippen LogP contribution < -0.4 is 10.5 Å². The van der Waals surface area contributed by atoms with Crippen LogP contribution in [0, 0.1) is 11.7 Å². The second kappa shape index (κ2) is 5.64. The summed E-state index contributed by atoms with van der Waals surface area (Å²) >= 11 is 0. The van der Waals surface area contributed by atoms with Crippen LogP contribution in [0.4, 0.5) is 10.1 Å². The third-order valence-electron chi connectivity index (χ3n) is 2.54. The van der Waals surface area contributed by atoms with Crippen molar-refractivity contribution >= 4 is 15.7 Å². The molecule has 5 nitrogen and oxygen atoms in total. The zero-order valence-corrected chi connectivity index (χ0v) is 11.0. The van der Waals surface area contributed by atoms with Crippen molar-refractivity contribution in [3.63, 3.8) is 0 Å². The topological polar surface area (TPSA) is 92.4 Å². The quantitative estimate of drug-likeness (QED) is 0.745. The monoisotopic (exact) mass is 276 g/mol. The lowest BCUT2D eigenvalue weighted by Crippen LogP contribution is -2.25. The standard InChI is InChI=1S/C11H17FN2O3S/c1-7(2)11(15)6-14-10-4-3-8(5-9(10)12)18(13,16)17/h3-5,7,11,14-15H,6H2,1-2H3,(H2,13,16,17). The molecule has 0 saturated carbocycles. The number of aliphatic hydroxyl groups is 1. The van der Waals surface area contributed by atoms with E-state index in [1.807, 2.05) is 13.8 Å². The number of nitrogens with two attached hydrogens (primary N) is 1. The Balaban J connectivity index is 2.81. The van der Waals surface area contributed by atoms with Crippen LogP contribution in [0.2, 0.25) is 0 Å². The van der Waals surface area contributed by atoms with E-state index in [4.69, 9.17) is 5.14 Å². The molecule has 0 fully saturated rings. The first-order valence-corrected chi connectivity index (χ1v) is 7.00. The number of anilines is 1. The first-order chi connectivity index (χ1) is 8.21. The number of primary sulfonamides is 1. The van der Waals surface area contributed by atoms with E-state index < -0.39 is 21.9 Å². The molecule has 7 heteroatoms. The number of hydrogen-bond donors (Lipinski definition) is 3. The molecule has 102 valence electrons. The van der Waals surface area contributed by atoms with Crippen LogP contribution in [0.5, 0.6) is 0 Å². The Labute approximate surface area is 106 Å². The van der Waals surface area contributed by atoms with Gasteiger partial charge in [0.15, 0.2) is 0 Å². The molecule has 0 aliphatic carbocycles. The predicted molar refractivity (Wildman–Crippen MR) is 67.1 cm³/mol. The minimum Gasteiger partial charge on any atom is -0.391 e. The van der Waals surface area contributed by atoms with Crippen LogP contribution in [0.3, 0.4) is 0 Å². The number of sulfonamides is 1. The zero-order chi connectivity index (χ0) is 13.9. The summed E-state index contributed by atoms with van der Waals surface area (Å²) in [7, 11) is -3.90. The molecule has 1 rings (SSSR count). The molecule has 0 radical (unpaired) electrons. The van der Waals surface area contributed by atoms with E-state index in [0.717, 1.165) is 6.07 Å². The molecule has 0 aliphatic heterocycles. The average Bonchev–Trinajstić information content (AvgIpc) is 2.25. The Morgan fingerprint density at radius 1 is 1.44 bits per heavy atom. The van der Waals surface area contributed by atoms with E-state index in [2.05, 4.69) is 5.32 Å². The molecular weight excluding hydrogens is 259 g/mol. The first kappa shape index (κ1) is 14.9. The van der Waals surface area contributed by atoms with Gasteiger partial charge in [0.05, 0.1) is 16.7 Å². The van der Waals surface area contributed by atoms with Gasteiger partial charge in [-0.05, 0) is 24.1 Å². The summed E-state index contributed by atoms with van der Waals surface area (Å²) in [5, 5.41) is 17.2. The normalized spacial score (nSPS) is 13.7. The van der Waals surface area contributed by atoms with Crippen LogP contribution in [0.1, 0.15) is 13.8 Å². The van der Waals surface area contributed by atoms with Crippen LogP contribution in [0.15, 0.2) is 23.1 Å². The van der Waals surface area contributed by atoms with E-state index in [1.54, 1.807) is 0 Å². The predicted octanol–water partition coefficient (Wildman–Crippen LogP) is 0.902. The lowest BCUT2D eigenvalue weighted by atomic mass is 10.1. The SMILES string of the molecule is CC(C)C(O)CNc1ccc(S(N)(=O)=O)cc1F. The fraction of sp³-hybridized carbons (Fsp3) is 0.455. The van der Waals surface area contributed by atoms with E-state index >= 15 is 0 Å². The third-order valence-corrected chi connectivity index (χ3v) is 3.45. The number of benzene rings is 1. The number of halogens is 1. The lowest BCUT2D eigenvalue weighted by Gasteiger charge is -2.16. The van der Waals surface area contributed by atoms with Gasteiger partial charge in [0.2, 0.25) is 10.0 Å². The van der Waals surface area contributed by atoms with Gasteiger partial charge in [0.25, 0.3) is 0 Å². The number of hydrogen-bond acceptors (Lipinski definition) is 4. The van der Waals surface area contributed by atoms with Crippen molar-refractivity contribution in [2.75, 3.05) is 11.9 Å². The smallest absolute Gasteiger partial charge is 0.238 e. The van der Waals surface area contributed by atoms with Crippen LogP contribution in [0.25, 0.3) is 0 Å². The first-order valence-electron chi connectivity index (χ1n) is 5.46. The van der Waals surface area contributed by atoms with Crippen molar-refractivity contribution in [1.29, 1.82) is 0 Å². The van der Waals surface area contributed by atoms with Crippen molar-refractivity contribution in [3.05, 3.63) is 24.0 Å². The van der Waals surface area contributed by atoms with Crippen molar-refractivity contribution in [2.24, 2.45) is 11.1 Å². The third kappa shape index (κ3) is 3.94. The average molecular weight is 276 g/mol. The molecule has 4 N–H and O–H groups in total. The highest BCUT2D eigenvalue weighted by atomic mass is 32.2. The maximum Gasteiger partial charge on any atom is 0.238 e. The fourth-order valence-corrected chi connectivity index (χ4v) is 1.79. The minimum atomic E-state index is -3.90. The highest BCUT2D eigenvalue weighted by Gasteiger charge is 2.13. The van der Waals surface area contributed by atoms with Crippen molar-refractivity contribution in [3.8, 4) is 0 Å². The maximum absolute atomic E-state index is 13.6. The van der Waals surface area contributed by atoms with E-state index in [0.29, 0.717) is 0 Å². The molecule has 0 amide bonds. The fourth-order valence-electron chi connectivity index (χ4n) is 1.27. The molecule has 18 heavy (non-hydrogen) atoms. The number of nitrogens with one attached hydrogen (secondary N) is 1. The van der Waals surface area contributed by atoms with Gasteiger partial charge >= 0.3 is 0 Å². The molecule has 1 unspecified atom stereocenters. The molecular formula is C11H17FN2O3S. The Kier molecular flexibility index (Phi) is 4.66. The molecule has 0 aliphatic rings. The molecule has 0 bridgehead atoms. The molecule has 0 aromatic heterocycles. The van der Waals surface area contributed by atoms with Gasteiger partial charge in [-0.25, -0.2) is 17.9 Å². The van der Waals surface area contributed by atoms with Gasteiger partial charge in [-0.1, -0.05) is 13.8 Å². The van der Waals surface area contributed by atoms with Gasteiger partial charge in [0.1, 0.15) is 5.82 Å². The van der Waals surface area contributed by atoms with Crippen LogP contribution >= 0.6 is 0 Å². The van der Waals surface area contributed by atoms with Crippen LogP contribution in [-0.4, -0.2) is 26.2 Å². The Hall–Kier alpha value is -1.18. The summed E-state index contributed by atoms with van der Waals surface area (Å²) in [5.41, 5.74) is 0.127. The zero-order valence-electron chi connectivity index (χ0n) is 10.2. The largest absolute Gasteiger partial charge is 0.391 e. The highest BCUT2D eigenvalue weighted by molar-refractivity contribution is 7.89. The molecule has 1 aromatic carbocycles. The molecule has 1 aromatic rings. The lowest BCUT2D eigenvalue weighted by molar-refractivity contribution is 0.138. The van der Waals surface area contributed by atoms with Crippen molar-refractivity contribution < 1.29 is 17.9 Å². The van der Waals surface area contributed by atoms with Gasteiger partial charge in [-0.2, -0.15) is 0 Å². The van der Waals surface area contributed by atoms with E-state index in [9.17, 15) is 17.9 Å². The summed E-state index contributed by atoms with van der Waals surface area (Å²) < 4.78 is 35.6. The Bertz CT molecular complexity index is 517. The highest BCUT2D eigenvalue weighted by Crippen LogP contribution is 2.18. The second-order valence-electron chi connectivity index (χ2n) is 4.38. The summed E-state index contributed by atoms with van der Waals surface area (Å²) in [6.07, 6.45) is -0.609. The van der Waals surface area contributed by atoms with Gasteiger partial charge in [-0.15, -0.1) is 0 Å². The molecule has 0 spiro atoms. The Morgan fingerprint density at radius 3 is 2.50 bits per heavy atom. The van der Waals surface area contributed by atoms with Crippen molar-refractivity contribution in [2.45, 2.75) is 24.8 Å². The van der Waals surface area contributed by atoms with Gasteiger partial charge in [-0.3, -0.25) is 0 Å². The second-order valence-corrected chi connectivity index (χ2v) is 5.94. The summed E-state index contributed by atoms with van der Waals surface area (Å²) in [5.74, 6) is -0.679. The summed E-state index contributed by atoms with van der Waals surface area (Å²) in [6, 6.07) is 3.34. The van der Waals surface area contributed by atoms with Gasteiger partial charge < -0.3 is 10.4 Å². The molecule has 1 atom stereocenters. The van der Waals surface area contributed by atoms with Crippen molar-refractivity contribution in [1.82, 2.24) is 0 Å². The van der Waals surface area contributed by atoms with E-state index in [-0.39, 0.29) is 23.0 Å². The van der Waals surface area contributed by atoms with Gasteiger partial charge in [0, 0.05) is 6.54 Å². The minimum absolute atomic E-state index is 0.0456. The maximum atomic E-state index is 13.6. The summed E-state index contributed by atoms with van der Waals surface area (Å²) in [6.45, 7) is 3.86. The summed E-state index contributed by atoms with van der Waals surface area (Å²) in [4.78, 5) is -0.282. The Morgan fingerprint density at radius 2 is 2.06 bits per heavy atom. The van der Waals surface area contributed by atoms with E-state index in [1.165, 1.54) is 12.1 Å². The van der Waals surface area contributed by atoms with Crippen LogP contribution in [-0.2, 0) is 10.0 Å².